The maximum absolute atomic E-state index is 12.9. The molecule has 1 saturated heterocycles. The van der Waals surface area contributed by atoms with Crippen LogP contribution in [-0.4, -0.2) is 73.3 Å². The van der Waals surface area contributed by atoms with Crippen LogP contribution in [0.25, 0.3) is 0 Å². The normalized spacial score (nSPS) is 34.2. The quantitative estimate of drug-likeness (QED) is 0.571. The van der Waals surface area contributed by atoms with Crippen LogP contribution in [0.1, 0.15) is 44.9 Å². The standard InChI is InChI=1S/C20H28BrFN4O5S/c1-12-5-16(25-32(28,29)11-22)17(26(12)19(27)30-2)10-31-15-3-4-20(7-13(20)6-15)18-23-8-14(21)9-24-18/h8-9,12-13,15-17,25H,3-7,10-11H2,1-2H3/t12-,13-,15+,16+,17+,20-/m1/s1. The number of halogens is 2. The molecule has 0 bridgehead atoms. The van der Waals surface area contributed by atoms with E-state index in [1.54, 1.807) is 12.4 Å². The van der Waals surface area contributed by atoms with Gasteiger partial charge in [0, 0.05) is 29.9 Å². The minimum atomic E-state index is -4.07. The summed E-state index contributed by atoms with van der Waals surface area (Å²) in [5, 5.41) is 0. The van der Waals surface area contributed by atoms with Crippen molar-refractivity contribution in [2.24, 2.45) is 5.92 Å². The van der Waals surface area contributed by atoms with Crippen LogP contribution < -0.4 is 4.72 Å². The molecule has 2 saturated carbocycles. The molecule has 0 aromatic carbocycles. The molecule has 9 nitrogen and oxygen atoms in total. The van der Waals surface area contributed by atoms with E-state index in [9.17, 15) is 17.6 Å². The van der Waals surface area contributed by atoms with E-state index in [4.69, 9.17) is 9.47 Å². The average Bonchev–Trinajstić information content (AvgIpc) is 3.42. The minimum Gasteiger partial charge on any atom is -0.453 e. The zero-order valence-corrected chi connectivity index (χ0v) is 20.4. The second-order valence-electron chi connectivity index (χ2n) is 8.99. The highest BCUT2D eigenvalue weighted by atomic mass is 79.9. The van der Waals surface area contributed by atoms with Gasteiger partial charge in [0.15, 0.2) is 0 Å². The van der Waals surface area contributed by atoms with E-state index < -0.39 is 34.2 Å². The highest BCUT2D eigenvalue weighted by Crippen LogP contribution is 2.61. The highest BCUT2D eigenvalue weighted by Gasteiger charge is 2.60. The molecule has 1 N–H and O–H groups in total. The Morgan fingerprint density at radius 3 is 2.72 bits per heavy atom. The van der Waals surface area contributed by atoms with Gasteiger partial charge in [0.1, 0.15) is 5.82 Å². The van der Waals surface area contributed by atoms with Crippen LogP contribution in [0.4, 0.5) is 9.18 Å². The number of nitrogens with zero attached hydrogens (tertiary/aromatic N) is 3. The molecule has 1 aromatic heterocycles. The largest absolute Gasteiger partial charge is 0.453 e. The third kappa shape index (κ3) is 4.64. The van der Waals surface area contributed by atoms with Crippen LogP contribution in [0.2, 0.25) is 0 Å². The van der Waals surface area contributed by atoms with Crippen molar-refractivity contribution < 1.29 is 27.1 Å². The number of carbonyl (C=O) groups is 1. The van der Waals surface area contributed by atoms with Crippen LogP contribution in [0, 0.1) is 5.92 Å². The number of aromatic nitrogens is 2. The number of sulfonamides is 1. The third-order valence-corrected chi connectivity index (χ3v) is 8.37. The topological polar surface area (TPSA) is 111 Å². The van der Waals surface area contributed by atoms with Gasteiger partial charge in [0.25, 0.3) is 0 Å². The molecule has 1 aliphatic heterocycles. The van der Waals surface area contributed by atoms with Crippen molar-refractivity contribution >= 4 is 32.0 Å². The van der Waals surface area contributed by atoms with Gasteiger partial charge in [-0.25, -0.2) is 32.3 Å². The number of hydrogen-bond donors (Lipinski definition) is 1. The monoisotopic (exact) mass is 534 g/mol. The van der Waals surface area contributed by atoms with Gasteiger partial charge in [-0.3, -0.25) is 4.90 Å². The Bertz CT molecular complexity index is 952. The van der Waals surface area contributed by atoms with Crippen molar-refractivity contribution in [3.05, 3.63) is 22.7 Å². The molecule has 1 aromatic rings. The average molecular weight is 535 g/mol. The lowest BCUT2D eigenvalue weighted by molar-refractivity contribution is -0.0103. The van der Waals surface area contributed by atoms with Gasteiger partial charge < -0.3 is 9.47 Å². The lowest BCUT2D eigenvalue weighted by Gasteiger charge is -2.32. The van der Waals surface area contributed by atoms with Gasteiger partial charge in [-0.05, 0) is 60.9 Å². The van der Waals surface area contributed by atoms with Gasteiger partial charge in [-0.15, -0.1) is 0 Å². The zero-order valence-electron chi connectivity index (χ0n) is 18.0. The molecule has 0 spiro atoms. The van der Waals surface area contributed by atoms with E-state index in [2.05, 4.69) is 30.6 Å². The SMILES string of the molecule is COC(=O)N1[C@H](C)C[C@H](NS(=O)(=O)CF)[C@@H]1CO[C@H]1CC[C@@]2(c3ncc(Br)cn3)C[C@H]2C1. The second kappa shape index (κ2) is 9.11. The van der Waals surface area contributed by atoms with E-state index in [1.807, 2.05) is 6.92 Å². The van der Waals surface area contributed by atoms with Crippen molar-refractivity contribution in [3.63, 3.8) is 0 Å². The van der Waals surface area contributed by atoms with Crippen LogP contribution in [0.15, 0.2) is 16.9 Å². The first-order valence-corrected chi connectivity index (χ1v) is 13.2. The van der Waals surface area contributed by atoms with E-state index in [1.165, 1.54) is 12.0 Å². The van der Waals surface area contributed by atoms with Gasteiger partial charge in [-0.1, -0.05) is 0 Å². The number of rotatable bonds is 7. The lowest BCUT2D eigenvalue weighted by Crippen LogP contribution is -2.50. The van der Waals surface area contributed by atoms with E-state index in [-0.39, 0.29) is 24.2 Å². The summed E-state index contributed by atoms with van der Waals surface area (Å²) in [4.78, 5) is 22.8. The predicted octanol–water partition coefficient (Wildman–Crippen LogP) is 2.51. The maximum atomic E-state index is 12.9. The summed E-state index contributed by atoms with van der Waals surface area (Å²) in [5.74, 6) is 1.33. The number of likely N-dealkylation sites (tertiary alicyclic amines) is 1. The van der Waals surface area contributed by atoms with E-state index >= 15 is 0 Å². The fraction of sp³-hybridized carbons (Fsp3) is 0.750. The summed E-state index contributed by atoms with van der Waals surface area (Å²) in [6.45, 7) is 1.96. The smallest absolute Gasteiger partial charge is 0.410 e. The number of methoxy groups -OCH3 is 1. The number of fused-ring (bicyclic) bond motifs is 1. The van der Waals surface area contributed by atoms with Crippen molar-refractivity contribution in [2.45, 2.75) is 68.7 Å². The summed E-state index contributed by atoms with van der Waals surface area (Å²) < 4.78 is 50.8. The number of nitrogens with one attached hydrogen (secondary N) is 1. The van der Waals surface area contributed by atoms with Gasteiger partial charge in [-0.2, -0.15) is 0 Å². The Morgan fingerprint density at radius 1 is 1.38 bits per heavy atom. The van der Waals surface area contributed by atoms with Crippen LogP contribution in [0.5, 0.6) is 0 Å². The highest BCUT2D eigenvalue weighted by molar-refractivity contribution is 9.10. The fourth-order valence-electron chi connectivity index (χ4n) is 5.36. The minimum absolute atomic E-state index is 0.0000845. The molecule has 0 radical (unpaired) electrons. The molecule has 4 rings (SSSR count). The summed E-state index contributed by atoms with van der Waals surface area (Å²) in [6, 6.07) is -2.97. The van der Waals surface area contributed by atoms with Crippen molar-refractivity contribution in [1.82, 2.24) is 19.6 Å². The number of alkyl halides is 1. The zero-order chi connectivity index (χ0) is 23.1. The molecular formula is C20H28BrFN4O5S. The van der Waals surface area contributed by atoms with Crippen LogP contribution in [0.3, 0.4) is 0 Å². The Labute approximate surface area is 195 Å². The summed E-state index contributed by atoms with van der Waals surface area (Å²) >= 11 is 3.37. The maximum Gasteiger partial charge on any atom is 0.410 e. The Balaban J connectivity index is 1.40. The number of hydrogen-bond acceptors (Lipinski definition) is 7. The fourth-order valence-corrected chi connectivity index (χ4v) is 6.34. The van der Waals surface area contributed by atoms with Gasteiger partial charge in [0.2, 0.25) is 16.0 Å². The van der Waals surface area contributed by atoms with Gasteiger partial charge >= 0.3 is 6.09 Å². The predicted molar refractivity (Wildman–Crippen MR) is 117 cm³/mol. The molecular weight excluding hydrogens is 507 g/mol. The molecule has 2 aliphatic carbocycles. The lowest BCUT2D eigenvalue weighted by atomic mass is 9.86. The molecule has 6 atom stereocenters. The Hall–Kier alpha value is -1.37. The number of ether oxygens (including phenoxy) is 2. The summed E-state index contributed by atoms with van der Waals surface area (Å²) in [6.07, 6.45) is 7.00. The number of amides is 1. The molecule has 3 fully saturated rings. The molecule has 3 aliphatic rings. The summed E-state index contributed by atoms with van der Waals surface area (Å²) in [5.41, 5.74) is 0.0276. The molecule has 1 amide bonds. The second-order valence-corrected chi connectivity index (χ2v) is 11.6. The molecule has 12 heteroatoms. The first kappa shape index (κ1) is 23.8. The molecule has 2 heterocycles. The Morgan fingerprint density at radius 2 is 2.09 bits per heavy atom. The molecule has 178 valence electrons. The summed E-state index contributed by atoms with van der Waals surface area (Å²) in [7, 11) is -2.79. The van der Waals surface area contributed by atoms with Crippen LogP contribution >= 0.6 is 15.9 Å². The third-order valence-electron chi connectivity index (χ3n) is 7.01. The van der Waals surface area contributed by atoms with Crippen LogP contribution in [-0.2, 0) is 24.9 Å². The van der Waals surface area contributed by atoms with Crippen molar-refractivity contribution in [2.75, 3.05) is 19.7 Å². The first-order chi connectivity index (χ1) is 15.2. The Kier molecular flexibility index (Phi) is 6.77. The van der Waals surface area contributed by atoms with Crippen molar-refractivity contribution in [1.29, 1.82) is 0 Å². The molecule has 0 unspecified atom stereocenters. The first-order valence-electron chi connectivity index (χ1n) is 10.7. The van der Waals surface area contributed by atoms with Gasteiger partial charge in [0.05, 0.1) is 30.3 Å². The van der Waals surface area contributed by atoms with E-state index in [0.29, 0.717) is 12.3 Å². The molecule has 32 heavy (non-hydrogen) atoms. The number of carbonyl (C=O) groups excluding carboxylic acids is 1. The van der Waals surface area contributed by atoms with Crippen molar-refractivity contribution in [3.8, 4) is 0 Å². The van der Waals surface area contributed by atoms with E-state index in [0.717, 1.165) is 36.0 Å².